The summed E-state index contributed by atoms with van der Waals surface area (Å²) in [6.45, 7) is 8.89. The number of hydrogen-bond acceptors (Lipinski definition) is 7. The summed E-state index contributed by atoms with van der Waals surface area (Å²) < 4.78 is 0. The first-order valence-corrected chi connectivity index (χ1v) is 17.3. The third kappa shape index (κ3) is 6.90. The number of carbonyl (C=O) groups excluding carboxylic acids is 1. The molecular weight excluding hydrogens is 560 g/mol. The van der Waals surface area contributed by atoms with Crippen LogP contribution in [0, 0.1) is 29.1 Å². The molecule has 0 aromatic carbocycles. The van der Waals surface area contributed by atoms with Gasteiger partial charge in [0.15, 0.2) is 5.78 Å². The molecule has 8 heteroatoms. The zero-order valence-electron chi connectivity index (χ0n) is 27.9. The van der Waals surface area contributed by atoms with Crippen LogP contribution >= 0.6 is 0 Å². The normalized spacial score (nSPS) is 36.6. The van der Waals surface area contributed by atoms with Crippen molar-refractivity contribution >= 4 is 11.8 Å². The zero-order valence-corrected chi connectivity index (χ0v) is 27.9. The number of aliphatic hydroxyl groups excluding tert-OH is 2. The van der Waals surface area contributed by atoms with Crippen LogP contribution in [0.2, 0.25) is 0 Å². The van der Waals surface area contributed by atoms with Crippen LogP contribution in [0.1, 0.15) is 131 Å². The molecule has 0 aliphatic heterocycles. The molecule has 0 amide bonds. The molecule has 4 aliphatic rings. The maximum atomic E-state index is 12.7. The van der Waals surface area contributed by atoms with Crippen molar-refractivity contribution in [1.82, 2.24) is 0 Å². The largest absolute Gasteiger partial charge is 0.481 e. The summed E-state index contributed by atoms with van der Waals surface area (Å²) >= 11 is 0. The number of hydrogen-bond donors (Lipinski definition) is 6. The molecule has 6 N–H and O–H groups in total. The first-order valence-electron chi connectivity index (χ1n) is 17.3. The highest BCUT2D eigenvalue weighted by atomic mass is 16.4. The van der Waals surface area contributed by atoms with Crippen LogP contribution in [0.15, 0.2) is 23.3 Å². The molecule has 0 spiro atoms. The van der Waals surface area contributed by atoms with Gasteiger partial charge in [0, 0.05) is 41.9 Å². The van der Waals surface area contributed by atoms with Crippen molar-refractivity contribution in [2.24, 2.45) is 29.1 Å². The van der Waals surface area contributed by atoms with Crippen LogP contribution < -0.4 is 0 Å². The lowest BCUT2D eigenvalue weighted by atomic mass is 9.59. The maximum Gasteiger partial charge on any atom is 0.303 e. The molecule has 8 nitrogen and oxygen atoms in total. The molecule has 2 fully saturated rings. The fourth-order valence-corrected chi connectivity index (χ4v) is 8.74. The summed E-state index contributed by atoms with van der Waals surface area (Å²) in [6.07, 6.45) is 19.4. The Labute approximate surface area is 264 Å². The summed E-state index contributed by atoms with van der Waals surface area (Å²) in [7, 11) is 0. The third-order valence-electron chi connectivity index (χ3n) is 11.5. The van der Waals surface area contributed by atoms with Gasteiger partial charge < -0.3 is 30.6 Å². The van der Waals surface area contributed by atoms with Crippen LogP contribution in [0.5, 0.6) is 0 Å². The molecule has 0 radical (unpaired) electrons. The summed E-state index contributed by atoms with van der Waals surface area (Å²) in [5.41, 5.74) is -4.57. The van der Waals surface area contributed by atoms with E-state index >= 15 is 0 Å². The Hall–Kier alpha value is -1.58. The summed E-state index contributed by atoms with van der Waals surface area (Å²) in [5, 5.41) is 63.4. The molecule has 0 heterocycles. The molecule has 4 rings (SSSR count). The van der Waals surface area contributed by atoms with E-state index < -0.39 is 63.7 Å². The van der Waals surface area contributed by atoms with E-state index in [1.165, 1.54) is 70.6 Å². The molecule has 0 unspecified atom stereocenters. The molecule has 8 atom stereocenters. The molecule has 0 saturated heterocycles. The van der Waals surface area contributed by atoms with Crippen molar-refractivity contribution in [2.45, 2.75) is 154 Å². The number of carbonyl (C=O) groups is 2. The second kappa shape index (κ2) is 14.9. The number of carboxylic acid groups (broad SMARTS) is 1. The first kappa shape index (κ1) is 36.9. The molecule has 0 aromatic rings. The average Bonchev–Trinajstić information content (AvgIpc) is 3.37. The molecule has 0 bridgehead atoms. The van der Waals surface area contributed by atoms with Gasteiger partial charge in [-0.3, -0.25) is 9.59 Å². The number of aliphatic carboxylic acids is 1. The number of carboxylic acids is 1. The van der Waals surface area contributed by atoms with E-state index in [-0.39, 0.29) is 13.0 Å². The third-order valence-corrected chi connectivity index (χ3v) is 11.5. The van der Waals surface area contributed by atoms with Gasteiger partial charge in [-0.25, -0.2) is 0 Å². The lowest BCUT2D eigenvalue weighted by molar-refractivity contribution is -0.209. The Morgan fingerprint density at radius 2 is 1.39 bits per heavy atom. The Morgan fingerprint density at radius 3 is 1.86 bits per heavy atom. The molecule has 44 heavy (non-hydrogen) atoms. The number of fused-ring (bicyclic) bond motifs is 5. The van der Waals surface area contributed by atoms with E-state index in [1.807, 2.05) is 13.8 Å². The highest BCUT2D eigenvalue weighted by Crippen LogP contribution is 2.74. The zero-order chi connectivity index (χ0) is 32.9. The van der Waals surface area contributed by atoms with Crippen LogP contribution in [0.3, 0.4) is 0 Å². The van der Waals surface area contributed by atoms with Gasteiger partial charge in [0.25, 0.3) is 0 Å². The minimum Gasteiger partial charge on any atom is -0.481 e. The Balaban J connectivity index is 0.000000260. The van der Waals surface area contributed by atoms with Gasteiger partial charge in [-0.1, -0.05) is 117 Å². The maximum absolute atomic E-state index is 12.7. The number of unbranched alkanes of at least 4 members (excludes halogenated alkanes) is 12. The van der Waals surface area contributed by atoms with Gasteiger partial charge in [0.1, 0.15) is 11.2 Å². The quantitative estimate of drug-likeness (QED) is 0.104. The average molecular weight is 621 g/mol. The standard InChI is InChI=1S/C20H28O6.C16H32O2/c1-9-5-13-18(24,15(9)22)7-11(8-21)6-12-14-17(3,4)20(14,26)16(23)10(2)19(12,13)25;1-2-3-4-5-6-7-8-9-10-11-12-13-14-15-16(17)18/h5-6,10,12-14,16,21,23-26H,7-8H2,1-4H3;2-15H2,1H3,(H,17,18)/t10-,12+,13-,14+,16-,18+,19+,20+;/m1./s1. The Bertz CT molecular complexity index is 1060. The van der Waals surface area contributed by atoms with E-state index in [9.17, 15) is 35.1 Å². The smallest absolute Gasteiger partial charge is 0.303 e. The van der Waals surface area contributed by atoms with Gasteiger partial charge in [0.05, 0.1) is 18.3 Å². The van der Waals surface area contributed by atoms with Crippen molar-refractivity contribution in [3.63, 3.8) is 0 Å². The Morgan fingerprint density at radius 1 is 0.886 bits per heavy atom. The second-order valence-electron chi connectivity index (χ2n) is 14.8. The molecule has 2 saturated carbocycles. The number of rotatable bonds is 15. The van der Waals surface area contributed by atoms with Crippen molar-refractivity contribution < 1.29 is 40.2 Å². The second-order valence-corrected chi connectivity index (χ2v) is 14.8. The number of Topliss-reactive ketones (excluding diaryl/α,β-unsaturated/α-hetero) is 1. The van der Waals surface area contributed by atoms with Crippen molar-refractivity contribution in [3.8, 4) is 0 Å². The number of ketones is 1. The van der Waals surface area contributed by atoms with Crippen molar-refractivity contribution in [2.75, 3.05) is 6.61 Å². The summed E-state index contributed by atoms with van der Waals surface area (Å²) in [5.74, 6) is -3.79. The van der Waals surface area contributed by atoms with Crippen molar-refractivity contribution in [1.29, 1.82) is 0 Å². The van der Waals surface area contributed by atoms with Crippen molar-refractivity contribution in [3.05, 3.63) is 23.3 Å². The van der Waals surface area contributed by atoms with Gasteiger partial charge >= 0.3 is 5.97 Å². The molecule has 252 valence electrons. The minimum atomic E-state index is -1.84. The van der Waals surface area contributed by atoms with E-state index in [0.717, 1.165) is 12.8 Å². The first-order chi connectivity index (χ1) is 20.6. The minimum absolute atomic E-state index is 0.0615. The van der Waals surface area contributed by atoms with Crippen LogP contribution in [-0.4, -0.2) is 71.9 Å². The fraction of sp³-hybridized carbons (Fsp3) is 0.833. The van der Waals surface area contributed by atoms with Gasteiger partial charge in [0.2, 0.25) is 0 Å². The monoisotopic (exact) mass is 620 g/mol. The lowest BCUT2D eigenvalue weighted by Crippen LogP contribution is -2.65. The van der Waals surface area contributed by atoms with E-state index in [0.29, 0.717) is 17.6 Å². The van der Waals surface area contributed by atoms with Crippen LogP contribution in [-0.2, 0) is 9.59 Å². The van der Waals surface area contributed by atoms with Gasteiger partial charge in [-0.15, -0.1) is 0 Å². The highest BCUT2D eigenvalue weighted by Gasteiger charge is 2.84. The van der Waals surface area contributed by atoms with Gasteiger partial charge in [-0.2, -0.15) is 0 Å². The molecule has 4 aliphatic carbocycles. The predicted molar refractivity (Wildman–Crippen MR) is 171 cm³/mol. The van der Waals surface area contributed by atoms with Crippen LogP contribution in [0.25, 0.3) is 0 Å². The molecular formula is C36H60O8. The topological polar surface area (TPSA) is 156 Å². The lowest BCUT2D eigenvalue weighted by Gasteiger charge is -2.51. The highest BCUT2D eigenvalue weighted by molar-refractivity contribution is 6.04. The van der Waals surface area contributed by atoms with E-state index in [4.69, 9.17) is 5.11 Å². The van der Waals surface area contributed by atoms with Gasteiger partial charge in [-0.05, 0) is 24.5 Å². The predicted octanol–water partition coefficient (Wildman–Crippen LogP) is 5.48. The van der Waals surface area contributed by atoms with E-state index in [1.54, 1.807) is 26.0 Å². The summed E-state index contributed by atoms with van der Waals surface area (Å²) in [6, 6.07) is 0. The fourth-order valence-electron chi connectivity index (χ4n) is 8.74. The van der Waals surface area contributed by atoms with Crippen LogP contribution in [0.4, 0.5) is 0 Å². The summed E-state index contributed by atoms with van der Waals surface area (Å²) in [4.78, 5) is 23.0. The molecule has 0 aromatic heterocycles. The Kier molecular flexibility index (Phi) is 12.5. The number of aliphatic hydroxyl groups is 5. The van der Waals surface area contributed by atoms with E-state index in [2.05, 4.69) is 6.92 Å². The SMILES string of the molecule is CC1=C[C@H]2[C@]3(O)[C@H](C)[C@@H](O)[C@@]4(O)[C@@H]([C@@H]3C=C(CO)C[C@@]2(O)C1=O)C4(C)C.CCCCCCCCCCCCCCCC(=O)O.